The molecule has 142 valence electrons. The zero-order valence-corrected chi connectivity index (χ0v) is 15.4. The topological polar surface area (TPSA) is 70.4 Å². The number of anilines is 1. The standard InChI is InChI=1S/C23H17FN4O/c24-19-13-12-16(27-22(19)15-26-29)7-5-6-14-25-23-17-8-1-3-10-20(17)28-21-11-4-2-9-18(21)23/h1-4,8-13,15,29H,6,14H2,(H,25,28)/b26-15+. The van der Waals surface area contributed by atoms with E-state index in [0.717, 1.165) is 33.7 Å². The van der Waals surface area contributed by atoms with E-state index in [0.29, 0.717) is 18.7 Å². The molecule has 5 nitrogen and oxygen atoms in total. The van der Waals surface area contributed by atoms with Crippen LogP contribution >= 0.6 is 0 Å². The van der Waals surface area contributed by atoms with Crippen molar-refractivity contribution in [2.24, 2.45) is 5.16 Å². The van der Waals surface area contributed by atoms with E-state index in [9.17, 15) is 4.39 Å². The summed E-state index contributed by atoms with van der Waals surface area (Å²) in [6, 6.07) is 18.8. The lowest BCUT2D eigenvalue weighted by atomic mass is 10.1. The van der Waals surface area contributed by atoms with Crippen molar-refractivity contribution in [1.29, 1.82) is 0 Å². The molecule has 0 spiro atoms. The summed E-state index contributed by atoms with van der Waals surface area (Å²) in [5, 5.41) is 17.0. The maximum atomic E-state index is 13.5. The summed E-state index contributed by atoms with van der Waals surface area (Å²) in [4.78, 5) is 8.73. The van der Waals surface area contributed by atoms with Crippen molar-refractivity contribution in [2.45, 2.75) is 6.42 Å². The minimum absolute atomic E-state index is 0.0489. The SMILES string of the molecule is O/N=C/c1nc(C#CCCNc2c3ccccc3nc3ccccc23)ccc1F. The van der Waals surface area contributed by atoms with E-state index in [1.807, 2.05) is 36.4 Å². The van der Waals surface area contributed by atoms with Crippen LogP contribution in [0, 0.1) is 17.7 Å². The fourth-order valence-electron chi connectivity index (χ4n) is 3.11. The number of hydrogen-bond donors (Lipinski definition) is 2. The van der Waals surface area contributed by atoms with Gasteiger partial charge in [0.15, 0.2) is 5.82 Å². The molecule has 4 aromatic rings. The van der Waals surface area contributed by atoms with Gasteiger partial charge in [-0.2, -0.15) is 0 Å². The second-order valence-electron chi connectivity index (χ2n) is 6.31. The van der Waals surface area contributed by atoms with Gasteiger partial charge in [-0.05, 0) is 30.2 Å². The van der Waals surface area contributed by atoms with Gasteiger partial charge in [0.05, 0.1) is 22.9 Å². The van der Waals surface area contributed by atoms with Crippen molar-refractivity contribution in [3.8, 4) is 11.8 Å². The number of hydrogen-bond acceptors (Lipinski definition) is 5. The molecule has 0 fully saturated rings. The summed E-state index contributed by atoms with van der Waals surface area (Å²) in [6.45, 7) is 0.636. The van der Waals surface area contributed by atoms with E-state index in [4.69, 9.17) is 10.2 Å². The molecule has 2 heterocycles. The number of nitrogens with zero attached hydrogens (tertiary/aromatic N) is 3. The lowest BCUT2D eigenvalue weighted by molar-refractivity contribution is 0.321. The van der Waals surface area contributed by atoms with Crippen LogP contribution in [-0.2, 0) is 0 Å². The van der Waals surface area contributed by atoms with E-state index < -0.39 is 5.82 Å². The quantitative estimate of drug-likeness (QED) is 0.135. The Morgan fingerprint density at radius 3 is 2.34 bits per heavy atom. The lowest BCUT2D eigenvalue weighted by Crippen LogP contribution is -2.02. The van der Waals surface area contributed by atoms with Gasteiger partial charge in [0.25, 0.3) is 0 Å². The Kier molecular flexibility index (Phi) is 5.30. The average Bonchev–Trinajstić information content (AvgIpc) is 2.75. The Balaban J connectivity index is 1.53. The molecule has 2 aromatic heterocycles. The average molecular weight is 384 g/mol. The second-order valence-corrected chi connectivity index (χ2v) is 6.31. The fourth-order valence-corrected chi connectivity index (χ4v) is 3.11. The third kappa shape index (κ3) is 3.99. The van der Waals surface area contributed by atoms with Gasteiger partial charge in [-0.15, -0.1) is 0 Å². The first-order valence-corrected chi connectivity index (χ1v) is 9.10. The van der Waals surface area contributed by atoms with E-state index in [1.165, 1.54) is 12.1 Å². The number of aromatic nitrogens is 2. The van der Waals surface area contributed by atoms with Gasteiger partial charge in [-0.1, -0.05) is 47.5 Å². The minimum atomic E-state index is -0.563. The summed E-state index contributed by atoms with van der Waals surface area (Å²) in [6.07, 6.45) is 1.52. The molecular formula is C23H17FN4O. The fraction of sp³-hybridized carbons (Fsp3) is 0.0870. The van der Waals surface area contributed by atoms with Gasteiger partial charge >= 0.3 is 0 Å². The van der Waals surface area contributed by atoms with E-state index in [1.54, 1.807) is 0 Å². The van der Waals surface area contributed by atoms with Gasteiger partial charge < -0.3 is 10.5 Å². The van der Waals surface area contributed by atoms with Crippen molar-refractivity contribution in [2.75, 3.05) is 11.9 Å². The van der Waals surface area contributed by atoms with Gasteiger partial charge in [0.2, 0.25) is 0 Å². The maximum Gasteiger partial charge on any atom is 0.150 e. The smallest absolute Gasteiger partial charge is 0.150 e. The van der Waals surface area contributed by atoms with Crippen molar-refractivity contribution in [3.05, 3.63) is 77.9 Å². The molecule has 0 bridgehead atoms. The number of oxime groups is 1. The predicted octanol–water partition coefficient (Wildman–Crippen LogP) is 4.58. The summed E-state index contributed by atoms with van der Waals surface area (Å²) in [5.74, 6) is 5.38. The molecule has 0 unspecified atom stereocenters. The van der Waals surface area contributed by atoms with Gasteiger partial charge in [0, 0.05) is 23.7 Å². The molecule has 0 aliphatic rings. The number of halogens is 1. The molecule has 0 aliphatic heterocycles. The Morgan fingerprint density at radius 2 is 1.66 bits per heavy atom. The Bertz CT molecular complexity index is 1220. The molecule has 2 N–H and O–H groups in total. The molecule has 29 heavy (non-hydrogen) atoms. The summed E-state index contributed by atoms with van der Waals surface area (Å²) in [7, 11) is 0. The normalized spacial score (nSPS) is 10.9. The summed E-state index contributed by atoms with van der Waals surface area (Å²) >= 11 is 0. The first-order valence-electron chi connectivity index (χ1n) is 9.10. The zero-order valence-electron chi connectivity index (χ0n) is 15.4. The van der Waals surface area contributed by atoms with Crippen LogP contribution in [0.3, 0.4) is 0 Å². The number of pyridine rings is 2. The van der Waals surface area contributed by atoms with E-state index >= 15 is 0 Å². The highest BCUT2D eigenvalue weighted by Crippen LogP contribution is 2.30. The van der Waals surface area contributed by atoms with Crippen LogP contribution in [0.25, 0.3) is 21.8 Å². The van der Waals surface area contributed by atoms with Crippen molar-refractivity contribution in [3.63, 3.8) is 0 Å². The van der Waals surface area contributed by atoms with Crippen molar-refractivity contribution >= 4 is 33.7 Å². The summed E-state index contributed by atoms with van der Waals surface area (Å²) in [5.41, 5.74) is 3.28. The first kappa shape index (κ1) is 18.4. The highest BCUT2D eigenvalue weighted by Gasteiger charge is 2.07. The highest BCUT2D eigenvalue weighted by molar-refractivity contribution is 6.07. The van der Waals surface area contributed by atoms with E-state index in [2.05, 4.69) is 39.4 Å². The van der Waals surface area contributed by atoms with Gasteiger partial charge in [0.1, 0.15) is 11.4 Å². The number of benzene rings is 2. The van der Waals surface area contributed by atoms with E-state index in [-0.39, 0.29) is 5.69 Å². The third-order valence-electron chi connectivity index (χ3n) is 4.41. The molecule has 0 atom stereocenters. The molecule has 0 saturated heterocycles. The van der Waals surface area contributed by atoms with Crippen LogP contribution in [0.5, 0.6) is 0 Å². The molecular weight excluding hydrogens is 367 g/mol. The monoisotopic (exact) mass is 384 g/mol. The highest BCUT2D eigenvalue weighted by atomic mass is 19.1. The van der Waals surface area contributed by atoms with Crippen molar-refractivity contribution in [1.82, 2.24) is 9.97 Å². The van der Waals surface area contributed by atoms with Crippen LogP contribution in [0.4, 0.5) is 10.1 Å². The molecule has 6 heteroatoms. The lowest BCUT2D eigenvalue weighted by Gasteiger charge is -2.12. The zero-order chi connectivity index (χ0) is 20.1. The predicted molar refractivity (Wildman–Crippen MR) is 113 cm³/mol. The van der Waals surface area contributed by atoms with Crippen LogP contribution in [-0.4, -0.2) is 27.9 Å². The maximum absolute atomic E-state index is 13.5. The molecule has 0 amide bonds. The first-order chi connectivity index (χ1) is 14.3. The molecule has 0 aliphatic carbocycles. The Morgan fingerprint density at radius 1 is 0.966 bits per heavy atom. The number of para-hydroxylation sites is 2. The molecule has 4 rings (SSSR count). The molecule has 0 radical (unpaired) electrons. The van der Waals surface area contributed by atoms with Gasteiger partial charge in [-0.3, -0.25) is 0 Å². The Hall–Kier alpha value is -3.98. The van der Waals surface area contributed by atoms with Crippen LogP contribution < -0.4 is 5.32 Å². The second kappa shape index (κ2) is 8.36. The van der Waals surface area contributed by atoms with Crippen LogP contribution in [0.2, 0.25) is 0 Å². The van der Waals surface area contributed by atoms with Gasteiger partial charge in [-0.25, -0.2) is 14.4 Å². The molecule has 2 aromatic carbocycles. The summed E-state index contributed by atoms with van der Waals surface area (Å²) < 4.78 is 13.5. The number of nitrogens with one attached hydrogen (secondary N) is 1. The van der Waals surface area contributed by atoms with Crippen LogP contribution in [0.1, 0.15) is 17.8 Å². The number of fused-ring (bicyclic) bond motifs is 2. The van der Waals surface area contributed by atoms with Crippen LogP contribution in [0.15, 0.2) is 65.8 Å². The largest absolute Gasteiger partial charge is 0.411 e. The van der Waals surface area contributed by atoms with Crippen molar-refractivity contribution < 1.29 is 9.60 Å². The molecule has 0 saturated carbocycles. The minimum Gasteiger partial charge on any atom is -0.411 e. The Labute approximate surface area is 166 Å². The number of rotatable bonds is 4. The third-order valence-corrected chi connectivity index (χ3v) is 4.41.